The maximum Gasteiger partial charge on any atom is 0.247 e. The fourth-order valence-electron chi connectivity index (χ4n) is 1.36. The molecule has 1 aromatic carbocycles. The molecule has 1 heterocycles. The maximum atomic E-state index is 10.8. The third-order valence-electron chi connectivity index (χ3n) is 2.19. The van der Waals surface area contributed by atoms with E-state index in [1.54, 1.807) is 6.07 Å². The Morgan fingerprint density at radius 3 is 2.06 bits per heavy atom. The molecule has 0 aliphatic heterocycles. The van der Waals surface area contributed by atoms with Gasteiger partial charge in [-0.05, 0) is 29.3 Å². The smallest absolute Gasteiger partial charge is 0.247 e. The van der Waals surface area contributed by atoms with E-state index in [0.29, 0.717) is 11.1 Å². The molecule has 0 atom stereocenters. The summed E-state index contributed by atoms with van der Waals surface area (Å²) in [6.07, 6.45) is 1.45. The largest absolute Gasteiger partial charge is 0.504 e. The van der Waals surface area contributed by atoms with Gasteiger partial charge >= 0.3 is 0 Å². The van der Waals surface area contributed by atoms with E-state index in [2.05, 4.69) is 4.98 Å². The van der Waals surface area contributed by atoms with Crippen molar-refractivity contribution in [2.45, 2.75) is 0 Å². The summed E-state index contributed by atoms with van der Waals surface area (Å²) in [5.41, 5.74) is 0.866. The first-order valence-electron chi connectivity index (χ1n) is 4.52. The molecular formula is C11H9NO4. The van der Waals surface area contributed by atoms with E-state index in [1.807, 2.05) is 0 Å². The van der Waals surface area contributed by atoms with Gasteiger partial charge in [-0.1, -0.05) is 0 Å². The van der Waals surface area contributed by atoms with Gasteiger partial charge in [-0.15, -0.1) is 0 Å². The number of hydrogen-bond donors (Lipinski definition) is 4. The highest BCUT2D eigenvalue weighted by Gasteiger charge is 2.09. The van der Waals surface area contributed by atoms with Crippen LogP contribution in [0.2, 0.25) is 0 Å². The number of hydrogen-bond acceptors (Lipinski definition) is 4. The van der Waals surface area contributed by atoms with Crippen LogP contribution in [0, 0.1) is 0 Å². The van der Waals surface area contributed by atoms with Gasteiger partial charge < -0.3 is 20.3 Å². The lowest BCUT2D eigenvalue weighted by molar-refractivity contribution is 0.368. The zero-order valence-electron chi connectivity index (χ0n) is 8.14. The van der Waals surface area contributed by atoms with Gasteiger partial charge in [0.15, 0.2) is 17.2 Å². The Hall–Kier alpha value is -2.43. The van der Waals surface area contributed by atoms with Gasteiger partial charge in [0.05, 0.1) is 0 Å². The minimum atomic E-state index is -0.562. The van der Waals surface area contributed by atoms with Gasteiger partial charge in [-0.25, -0.2) is 0 Å². The van der Waals surface area contributed by atoms with Crippen molar-refractivity contribution < 1.29 is 15.3 Å². The van der Waals surface area contributed by atoms with Crippen molar-refractivity contribution in [3.63, 3.8) is 0 Å². The van der Waals surface area contributed by atoms with Crippen LogP contribution in [0.4, 0.5) is 0 Å². The second kappa shape index (κ2) is 3.62. The average molecular weight is 219 g/mol. The van der Waals surface area contributed by atoms with E-state index in [9.17, 15) is 15.0 Å². The van der Waals surface area contributed by atoms with Crippen molar-refractivity contribution in [2.75, 3.05) is 0 Å². The van der Waals surface area contributed by atoms with Gasteiger partial charge in [0, 0.05) is 12.3 Å². The molecule has 0 radical (unpaired) electrons. The fourth-order valence-corrected chi connectivity index (χ4v) is 1.36. The highest BCUT2D eigenvalue weighted by atomic mass is 16.3. The molecule has 0 saturated heterocycles. The molecule has 5 nitrogen and oxygen atoms in total. The van der Waals surface area contributed by atoms with Crippen LogP contribution in [0.3, 0.4) is 0 Å². The van der Waals surface area contributed by atoms with Crippen LogP contribution in [0.25, 0.3) is 11.1 Å². The number of aromatic nitrogens is 1. The molecule has 82 valence electrons. The number of phenols is 3. The second-order valence-corrected chi connectivity index (χ2v) is 3.30. The van der Waals surface area contributed by atoms with Crippen molar-refractivity contribution in [3.8, 4) is 28.4 Å². The Morgan fingerprint density at radius 1 is 0.938 bits per heavy atom. The van der Waals surface area contributed by atoms with Gasteiger partial charge in [-0.2, -0.15) is 0 Å². The first kappa shape index (κ1) is 10.1. The molecule has 5 heteroatoms. The highest BCUT2D eigenvalue weighted by molar-refractivity contribution is 5.69. The van der Waals surface area contributed by atoms with Crippen LogP contribution in [0.1, 0.15) is 0 Å². The Bertz CT molecular complexity index is 545. The fraction of sp³-hybridized carbons (Fsp3) is 0. The van der Waals surface area contributed by atoms with E-state index in [-0.39, 0.29) is 5.56 Å². The van der Waals surface area contributed by atoms with Gasteiger partial charge in [0.2, 0.25) is 5.56 Å². The Labute approximate surface area is 90.3 Å². The molecule has 0 amide bonds. The summed E-state index contributed by atoms with van der Waals surface area (Å²) >= 11 is 0. The van der Waals surface area contributed by atoms with Crippen molar-refractivity contribution in [1.29, 1.82) is 0 Å². The topological polar surface area (TPSA) is 93.6 Å². The van der Waals surface area contributed by atoms with Crippen LogP contribution < -0.4 is 5.56 Å². The summed E-state index contributed by atoms with van der Waals surface area (Å²) in [5.74, 6) is -1.39. The highest BCUT2D eigenvalue weighted by Crippen LogP contribution is 2.38. The minimum Gasteiger partial charge on any atom is -0.504 e. The lowest BCUT2D eigenvalue weighted by Crippen LogP contribution is -2.01. The molecule has 4 N–H and O–H groups in total. The lowest BCUT2D eigenvalue weighted by atomic mass is 10.1. The number of aromatic amines is 1. The number of aromatic hydroxyl groups is 3. The zero-order chi connectivity index (χ0) is 11.7. The predicted octanol–water partition coefficient (Wildman–Crippen LogP) is 1.16. The lowest BCUT2D eigenvalue weighted by Gasteiger charge is -2.05. The molecule has 1 aromatic heterocycles. The third kappa shape index (κ3) is 1.70. The first-order chi connectivity index (χ1) is 7.58. The molecule has 0 saturated carbocycles. The number of nitrogens with one attached hydrogen (secondary N) is 1. The quantitative estimate of drug-likeness (QED) is 0.541. The van der Waals surface area contributed by atoms with Gasteiger partial charge in [-0.3, -0.25) is 4.79 Å². The van der Waals surface area contributed by atoms with Crippen LogP contribution in [0.5, 0.6) is 17.2 Å². The number of H-pyrrole nitrogens is 1. The summed E-state index contributed by atoms with van der Waals surface area (Å²) in [6, 6.07) is 5.46. The molecule has 0 spiro atoms. The van der Waals surface area contributed by atoms with E-state index in [0.717, 1.165) is 0 Å². The van der Waals surface area contributed by atoms with Crippen molar-refractivity contribution in [1.82, 2.24) is 4.98 Å². The Balaban J connectivity index is 2.56. The summed E-state index contributed by atoms with van der Waals surface area (Å²) < 4.78 is 0. The standard InChI is InChI=1S/C11H9NO4/c13-8-3-7(4-9(14)11(8)16)6-1-2-10(15)12-5-6/h1-5,13-14,16H,(H,12,15). The molecule has 16 heavy (non-hydrogen) atoms. The zero-order valence-corrected chi connectivity index (χ0v) is 8.14. The summed E-state index contributed by atoms with van der Waals surface area (Å²) in [5, 5.41) is 27.8. The predicted molar refractivity (Wildman–Crippen MR) is 57.5 cm³/mol. The maximum absolute atomic E-state index is 10.8. The van der Waals surface area contributed by atoms with Crippen molar-refractivity contribution in [2.24, 2.45) is 0 Å². The molecule has 0 bridgehead atoms. The summed E-state index contributed by atoms with van der Waals surface area (Å²) in [4.78, 5) is 13.3. The third-order valence-corrected chi connectivity index (χ3v) is 2.19. The Morgan fingerprint density at radius 2 is 1.56 bits per heavy atom. The molecule has 0 unspecified atom stereocenters. The number of rotatable bonds is 1. The molecular weight excluding hydrogens is 210 g/mol. The van der Waals surface area contributed by atoms with Crippen molar-refractivity contribution >= 4 is 0 Å². The van der Waals surface area contributed by atoms with Crippen molar-refractivity contribution in [3.05, 3.63) is 40.8 Å². The molecule has 2 rings (SSSR count). The molecule has 0 fully saturated rings. The van der Waals surface area contributed by atoms with E-state index in [1.165, 1.54) is 24.4 Å². The first-order valence-corrected chi connectivity index (χ1v) is 4.52. The minimum absolute atomic E-state index is 0.240. The van der Waals surface area contributed by atoms with Gasteiger partial charge in [0.1, 0.15) is 0 Å². The van der Waals surface area contributed by atoms with E-state index in [4.69, 9.17) is 5.11 Å². The van der Waals surface area contributed by atoms with Crippen LogP contribution in [0.15, 0.2) is 35.3 Å². The van der Waals surface area contributed by atoms with Crippen LogP contribution in [-0.2, 0) is 0 Å². The average Bonchev–Trinajstić information content (AvgIpc) is 2.26. The molecule has 0 aliphatic carbocycles. The van der Waals surface area contributed by atoms with Crippen LogP contribution in [-0.4, -0.2) is 20.3 Å². The number of pyridine rings is 1. The molecule has 0 aliphatic rings. The molecule has 2 aromatic rings. The number of benzene rings is 1. The monoisotopic (exact) mass is 219 g/mol. The van der Waals surface area contributed by atoms with E-state index >= 15 is 0 Å². The van der Waals surface area contributed by atoms with Gasteiger partial charge in [0.25, 0.3) is 0 Å². The van der Waals surface area contributed by atoms with E-state index < -0.39 is 17.2 Å². The SMILES string of the molecule is O=c1ccc(-c2cc(O)c(O)c(O)c2)c[nH]1. The normalized spacial score (nSPS) is 10.2. The summed E-state index contributed by atoms with van der Waals surface area (Å²) in [7, 11) is 0. The second-order valence-electron chi connectivity index (χ2n) is 3.30. The summed E-state index contributed by atoms with van der Waals surface area (Å²) in [6.45, 7) is 0. The number of phenolic OH excluding ortho intramolecular Hbond substituents is 3. The van der Waals surface area contributed by atoms with Crippen LogP contribution >= 0.6 is 0 Å². The Kier molecular flexibility index (Phi) is 2.28.